The van der Waals surface area contributed by atoms with Crippen LogP contribution in [0.15, 0.2) is 47.4 Å². The Balaban J connectivity index is 1.51. The number of amides is 1. The normalized spacial score (nSPS) is 17.6. The summed E-state index contributed by atoms with van der Waals surface area (Å²) in [6.07, 6.45) is -0.334. The number of ether oxygens (including phenoxy) is 2. The molecule has 0 aromatic heterocycles. The lowest BCUT2D eigenvalue weighted by Crippen LogP contribution is -2.40. The molecule has 1 amide bonds. The van der Waals surface area contributed by atoms with Crippen molar-refractivity contribution in [3.8, 4) is 0 Å². The number of halogens is 1. The van der Waals surface area contributed by atoms with Crippen molar-refractivity contribution in [3.63, 3.8) is 0 Å². The molecule has 8 nitrogen and oxygen atoms in total. The van der Waals surface area contributed by atoms with Gasteiger partial charge in [0.05, 0.1) is 28.7 Å². The zero-order valence-electron chi connectivity index (χ0n) is 17.5. The standard InChI is InChI=1S/C22H23ClN2O6S/c1-15(21(26)25-9-8-16-4-2-3-5-20(16)25)31-22(27)18-14-17(6-7-19(18)23)32(28,29)24-10-12-30-13-11-24/h2-7,14-15H,8-13H2,1H3. The highest BCUT2D eigenvalue weighted by Gasteiger charge is 2.31. The Hall–Kier alpha value is -2.46. The molecule has 2 aromatic carbocycles. The van der Waals surface area contributed by atoms with Crippen LogP contribution in [0.5, 0.6) is 0 Å². The summed E-state index contributed by atoms with van der Waals surface area (Å²) < 4.78 is 37.7. The Kier molecular flexibility index (Phi) is 6.52. The minimum Gasteiger partial charge on any atom is -0.449 e. The summed E-state index contributed by atoms with van der Waals surface area (Å²) in [5, 5.41) is 0.0436. The van der Waals surface area contributed by atoms with E-state index in [9.17, 15) is 18.0 Å². The molecule has 2 aromatic rings. The Morgan fingerprint density at radius 1 is 1.09 bits per heavy atom. The van der Waals surface area contributed by atoms with E-state index in [2.05, 4.69) is 0 Å². The van der Waals surface area contributed by atoms with Gasteiger partial charge in [-0.05, 0) is 43.2 Å². The fourth-order valence-corrected chi connectivity index (χ4v) is 5.45. The van der Waals surface area contributed by atoms with Gasteiger partial charge in [0.1, 0.15) is 0 Å². The van der Waals surface area contributed by atoms with Gasteiger partial charge in [0.2, 0.25) is 10.0 Å². The maximum absolute atomic E-state index is 12.9. The van der Waals surface area contributed by atoms with E-state index in [-0.39, 0.29) is 34.5 Å². The maximum Gasteiger partial charge on any atom is 0.340 e. The van der Waals surface area contributed by atoms with Gasteiger partial charge < -0.3 is 14.4 Å². The number of sulfonamides is 1. The highest BCUT2D eigenvalue weighted by atomic mass is 35.5. The molecule has 0 aliphatic carbocycles. The fourth-order valence-electron chi connectivity index (χ4n) is 3.82. The van der Waals surface area contributed by atoms with E-state index in [1.54, 1.807) is 4.90 Å². The van der Waals surface area contributed by atoms with Crippen LogP contribution >= 0.6 is 11.6 Å². The number of esters is 1. The number of morpholine rings is 1. The van der Waals surface area contributed by atoms with Crippen molar-refractivity contribution >= 4 is 39.2 Å². The Labute approximate surface area is 191 Å². The minimum atomic E-state index is -3.81. The predicted molar refractivity (Wildman–Crippen MR) is 118 cm³/mol. The third-order valence-electron chi connectivity index (χ3n) is 5.55. The molecule has 2 aliphatic rings. The van der Waals surface area contributed by atoms with Gasteiger partial charge in [0.15, 0.2) is 6.10 Å². The number of benzene rings is 2. The lowest BCUT2D eigenvalue weighted by Gasteiger charge is -2.26. The first-order valence-corrected chi connectivity index (χ1v) is 12.1. The Morgan fingerprint density at radius 2 is 1.81 bits per heavy atom. The zero-order chi connectivity index (χ0) is 22.9. The topological polar surface area (TPSA) is 93.2 Å². The smallest absolute Gasteiger partial charge is 0.340 e. The molecule has 1 atom stereocenters. The second kappa shape index (κ2) is 9.19. The van der Waals surface area contributed by atoms with E-state index < -0.39 is 22.1 Å². The van der Waals surface area contributed by atoms with Crippen molar-refractivity contribution in [2.45, 2.75) is 24.3 Å². The minimum absolute atomic E-state index is 0.0436. The van der Waals surface area contributed by atoms with E-state index in [0.717, 1.165) is 17.7 Å². The fraction of sp³-hybridized carbons (Fsp3) is 0.364. The van der Waals surface area contributed by atoms with Crippen molar-refractivity contribution in [3.05, 3.63) is 58.6 Å². The molecule has 0 spiro atoms. The second-order valence-electron chi connectivity index (χ2n) is 7.57. The first-order valence-electron chi connectivity index (χ1n) is 10.3. The molecule has 1 unspecified atom stereocenters. The van der Waals surface area contributed by atoms with Gasteiger partial charge >= 0.3 is 5.97 Å². The largest absolute Gasteiger partial charge is 0.449 e. The SMILES string of the molecule is CC(OC(=O)c1cc(S(=O)(=O)N2CCOCC2)ccc1Cl)C(=O)N1CCc2ccccc21. The van der Waals surface area contributed by atoms with Crippen LogP contribution in [0.2, 0.25) is 5.02 Å². The van der Waals surface area contributed by atoms with Gasteiger partial charge in [-0.3, -0.25) is 4.79 Å². The van der Waals surface area contributed by atoms with E-state index in [1.807, 2.05) is 24.3 Å². The highest BCUT2D eigenvalue weighted by Crippen LogP contribution is 2.29. The Bertz CT molecular complexity index is 1150. The van der Waals surface area contributed by atoms with Gasteiger partial charge in [0, 0.05) is 25.3 Å². The van der Waals surface area contributed by atoms with Crippen LogP contribution < -0.4 is 4.90 Å². The summed E-state index contributed by atoms with van der Waals surface area (Å²) in [6.45, 7) is 3.07. The van der Waals surface area contributed by atoms with Crippen LogP contribution in [0.4, 0.5) is 5.69 Å². The van der Waals surface area contributed by atoms with Crippen LogP contribution in [0.25, 0.3) is 0 Å². The van der Waals surface area contributed by atoms with Crippen LogP contribution in [-0.4, -0.2) is 63.6 Å². The van der Waals surface area contributed by atoms with Gasteiger partial charge in [-0.2, -0.15) is 4.31 Å². The van der Waals surface area contributed by atoms with Crippen LogP contribution in [0.1, 0.15) is 22.8 Å². The Morgan fingerprint density at radius 3 is 2.56 bits per heavy atom. The van der Waals surface area contributed by atoms with Crippen molar-refractivity contribution in [2.75, 3.05) is 37.7 Å². The summed E-state index contributed by atoms with van der Waals surface area (Å²) in [5.74, 6) is -1.21. The quantitative estimate of drug-likeness (QED) is 0.613. The van der Waals surface area contributed by atoms with Crippen molar-refractivity contribution in [2.24, 2.45) is 0 Å². The monoisotopic (exact) mass is 478 g/mol. The number of carbonyl (C=O) groups is 2. The second-order valence-corrected chi connectivity index (χ2v) is 9.92. The molecule has 170 valence electrons. The number of para-hydroxylation sites is 1. The molecule has 0 bridgehead atoms. The van der Waals surface area contributed by atoms with Gasteiger partial charge in [-0.15, -0.1) is 0 Å². The van der Waals surface area contributed by atoms with Crippen LogP contribution in [0.3, 0.4) is 0 Å². The molecule has 2 aliphatic heterocycles. The number of nitrogens with zero attached hydrogens (tertiary/aromatic N) is 2. The van der Waals surface area contributed by atoms with E-state index in [0.29, 0.717) is 19.8 Å². The van der Waals surface area contributed by atoms with E-state index in [1.165, 1.54) is 29.4 Å². The molecule has 0 saturated carbocycles. The molecule has 1 saturated heterocycles. The summed E-state index contributed by atoms with van der Waals surface area (Å²) in [7, 11) is -3.81. The number of anilines is 1. The number of carbonyl (C=O) groups excluding carboxylic acids is 2. The highest BCUT2D eigenvalue weighted by molar-refractivity contribution is 7.89. The maximum atomic E-state index is 12.9. The number of hydrogen-bond donors (Lipinski definition) is 0. The molecule has 4 rings (SSSR count). The van der Waals surface area contributed by atoms with E-state index in [4.69, 9.17) is 21.1 Å². The molecule has 0 N–H and O–H groups in total. The molecule has 0 radical (unpaired) electrons. The average Bonchev–Trinajstić information content (AvgIpc) is 3.23. The van der Waals surface area contributed by atoms with Gasteiger partial charge in [0.25, 0.3) is 5.91 Å². The molecular formula is C22H23ClN2O6S. The third-order valence-corrected chi connectivity index (χ3v) is 7.77. The summed E-state index contributed by atoms with van der Waals surface area (Å²) in [4.78, 5) is 27.2. The lowest BCUT2D eigenvalue weighted by atomic mass is 10.2. The zero-order valence-corrected chi connectivity index (χ0v) is 19.1. The molecule has 1 fully saturated rings. The van der Waals surface area contributed by atoms with Crippen molar-refractivity contribution in [1.82, 2.24) is 4.31 Å². The molecule has 32 heavy (non-hydrogen) atoms. The molecular weight excluding hydrogens is 456 g/mol. The summed E-state index contributed by atoms with van der Waals surface area (Å²) >= 11 is 6.16. The first kappa shape index (κ1) is 22.7. The van der Waals surface area contributed by atoms with Crippen LogP contribution in [0, 0.1) is 0 Å². The molecule has 10 heteroatoms. The third kappa shape index (κ3) is 4.38. The van der Waals surface area contributed by atoms with Crippen LogP contribution in [-0.2, 0) is 30.7 Å². The first-order chi connectivity index (χ1) is 15.3. The van der Waals surface area contributed by atoms with Crippen molar-refractivity contribution < 1.29 is 27.5 Å². The lowest BCUT2D eigenvalue weighted by molar-refractivity contribution is -0.126. The number of hydrogen-bond acceptors (Lipinski definition) is 6. The number of fused-ring (bicyclic) bond motifs is 1. The van der Waals surface area contributed by atoms with Gasteiger partial charge in [-0.1, -0.05) is 29.8 Å². The summed E-state index contributed by atoms with van der Waals surface area (Å²) in [6, 6.07) is 11.5. The summed E-state index contributed by atoms with van der Waals surface area (Å²) in [5.41, 5.74) is 1.75. The van der Waals surface area contributed by atoms with Crippen molar-refractivity contribution in [1.29, 1.82) is 0 Å². The molecule has 2 heterocycles. The van der Waals surface area contributed by atoms with E-state index >= 15 is 0 Å². The van der Waals surface area contributed by atoms with Gasteiger partial charge in [-0.25, -0.2) is 13.2 Å². The number of rotatable bonds is 5. The average molecular weight is 479 g/mol. The predicted octanol–water partition coefficient (Wildman–Crippen LogP) is 2.50.